The summed E-state index contributed by atoms with van der Waals surface area (Å²) in [5, 5.41) is 64.7. The van der Waals surface area contributed by atoms with Crippen LogP contribution in [0.25, 0.3) is 11.1 Å². The van der Waals surface area contributed by atoms with Crippen LogP contribution in [0, 0.1) is 6.92 Å². The van der Waals surface area contributed by atoms with Gasteiger partial charge in [-0.05, 0) is 72.6 Å². The molecule has 4 aromatic carbocycles. The Kier molecular flexibility index (Phi) is 9.59. The van der Waals surface area contributed by atoms with Crippen molar-refractivity contribution in [3.63, 3.8) is 0 Å². The summed E-state index contributed by atoms with van der Waals surface area (Å²) in [5.41, 5.74) is 0.197. The fourth-order valence-electron chi connectivity index (χ4n) is 6.46. The second kappa shape index (κ2) is 13.9. The molecule has 0 saturated heterocycles. The van der Waals surface area contributed by atoms with E-state index < -0.39 is 71.2 Å². The van der Waals surface area contributed by atoms with Crippen LogP contribution in [0.2, 0.25) is 5.02 Å². The van der Waals surface area contributed by atoms with Gasteiger partial charge in [-0.25, -0.2) is 4.79 Å². The summed E-state index contributed by atoms with van der Waals surface area (Å²) < 4.78 is 11.7. The first-order chi connectivity index (χ1) is 24.7. The van der Waals surface area contributed by atoms with Crippen molar-refractivity contribution in [2.45, 2.75) is 37.2 Å². The Labute approximate surface area is 300 Å². The topological polar surface area (TPSA) is 236 Å². The highest BCUT2D eigenvalue weighted by Gasteiger charge is 2.39. The van der Waals surface area contributed by atoms with E-state index in [0.717, 1.165) is 12.1 Å². The molecule has 270 valence electrons. The van der Waals surface area contributed by atoms with E-state index in [1.165, 1.54) is 50.6 Å². The lowest BCUT2D eigenvalue weighted by molar-refractivity contribution is -0.143. The molecule has 1 unspecified atom stereocenters. The predicted molar refractivity (Wildman–Crippen MR) is 184 cm³/mol. The third-order valence-electron chi connectivity index (χ3n) is 8.91. The van der Waals surface area contributed by atoms with Crippen LogP contribution in [0.15, 0.2) is 60.7 Å². The molecule has 5 atom stereocenters. The van der Waals surface area contributed by atoms with Gasteiger partial charge in [0.05, 0.1) is 12.1 Å². The van der Waals surface area contributed by atoms with Crippen molar-refractivity contribution in [1.29, 1.82) is 0 Å². The number of nitrogens with one attached hydrogen (secondary N) is 4. The Bertz CT molecular complexity index is 2140. The van der Waals surface area contributed by atoms with Gasteiger partial charge in [0.25, 0.3) is 0 Å². The monoisotopic (exact) mass is 732 g/mol. The molecule has 3 heterocycles. The van der Waals surface area contributed by atoms with Gasteiger partial charge >= 0.3 is 5.97 Å². The van der Waals surface area contributed by atoms with Crippen molar-refractivity contribution >= 4 is 35.3 Å². The molecule has 0 radical (unpaired) electrons. The molecule has 9 N–H and O–H groups in total. The molecule has 3 amide bonds. The number of phenolic OH excluding ortho intramolecular Hbond substituents is 3. The molecule has 4 aromatic rings. The first kappa shape index (κ1) is 35.8. The van der Waals surface area contributed by atoms with Crippen LogP contribution in [0.4, 0.5) is 0 Å². The predicted octanol–water partition coefficient (Wildman–Crippen LogP) is 3.14. The third-order valence-corrected chi connectivity index (χ3v) is 9.21. The zero-order valence-electron chi connectivity index (χ0n) is 27.7. The average molecular weight is 733 g/mol. The number of carboxylic acids is 1. The third kappa shape index (κ3) is 6.48. The minimum atomic E-state index is -1.99. The van der Waals surface area contributed by atoms with Gasteiger partial charge in [-0.3, -0.25) is 14.4 Å². The summed E-state index contributed by atoms with van der Waals surface area (Å²) in [7, 11) is 2.96. The van der Waals surface area contributed by atoms with E-state index in [1.54, 1.807) is 19.1 Å². The van der Waals surface area contributed by atoms with Crippen LogP contribution in [0.5, 0.6) is 34.5 Å². The number of carbonyl (C=O) groups excluding carboxylic acids is 3. The molecular formula is C36H33ClN4O11. The largest absolute Gasteiger partial charge is 0.508 e. The minimum Gasteiger partial charge on any atom is -0.508 e. The van der Waals surface area contributed by atoms with Gasteiger partial charge in [0.1, 0.15) is 47.2 Å². The number of aliphatic carboxylic acids is 1. The zero-order valence-corrected chi connectivity index (χ0v) is 28.5. The average Bonchev–Trinajstić information content (AvgIpc) is 3.08. The van der Waals surface area contributed by atoms with E-state index in [9.17, 15) is 44.7 Å². The number of carbonyl (C=O) groups is 4. The van der Waals surface area contributed by atoms with Gasteiger partial charge in [0, 0.05) is 22.8 Å². The van der Waals surface area contributed by atoms with Crippen molar-refractivity contribution in [1.82, 2.24) is 21.3 Å². The van der Waals surface area contributed by atoms with E-state index in [4.69, 9.17) is 21.1 Å². The highest BCUT2D eigenvalue weighted by molar-refractivity contribution is 6.32. The standard InChI is InChI=1S/C36H33ClN4O11/c1-14-8-17-11-25(32(14)51-3)52-24-7-5-16(10-21(24)37)31(45)30-35(48)40-29(36(49)50)20-12-18(42)13-23(44)26(20)19-9-15(4-6-22(19)43)28(34(47)41-30)39-33(46)27(17)38-2/h4-13,27-31,38,42-45H,1-3H3,(H,39,46)(H,40,48)(H,41,47)(H,49,50)/t27-,28?,29+,30-,31-/m1/s1. The number of halogens is 1. The lowest BCUT2D eigenvalue weighted by atomic mass is 9.89. The number of aliphatic hydroxyl groups is 1. The van der Waals surface area contributed by atoms with Gasteiger partial charge in [0.15, 0.2) is 17.5 Å². The number of ether oxygens (including phenoxy) is 2. The van der Waals surface area contributed by atoms with E-state index in [1.807, 2.05) is 0 Å². The molecule has 7 rings (SSSR count). The summed E-state index contributed by atoms with van der Waals surface area (Å²) in [6.45, 7) is 1.74. The van der Waals surface area contributed by atoms with E-state index in [2.05, 4.69) is 21.3 Å². The first-order valence-electron chi connectivity index (χ1n) is 15.8. The molecule has 0 spiro atoms. The van der Waals surface area contributed by atoms with Crippen molar-refractivity contribution < 1.29 is 54.2 Å². The Morgan fingerprint density at radius 2 is 1.58 bits per heavy atom. The summed E-state index contributed by atoms with van der Waals surface area (Å²) in [4.78, 5) is 55.1. The van der Waals surface area contributed by atoms with Gasteiger partial charge in [-0.15, -0.1) is 0 Å². The van der Waals surface area contributed by atoms with E-state index in [0.29, 0.717) is 16.9 Å². The van der Waals surface area contributed by atoms with Crippen molar-refractivity contribution in [2.75, 3.05) is 14.2 Å². The summed E-state index contributed by atoms with van der Waals surface area (Å²) in [5.74, 6) is -5.66. The Hall–Kier alpha value is -6.03. The van der Waals surface area contributed by atoms with Crippen molar-refractivity contribution in [2.24, 2.45) is 0 Å². The number of methoxy groups -OCH3 is 1. The van der Waals surface area contributed by atoms with Crippen LogP contribution < -0.4 is 30.7 Å². The van der Waals surface area contributed by atoms with Crippen molar-refractivity contribution in [3.05, 3.63) is 93.5 Å². The normalized spacial score (nSPS) is 21.4. The van der Waals surface area contributed by atoms with Crippen LogP contribution >= 0.6 is 11.6 Å². The maximum Gasteiger partial charge on any atom is 0.330 e. The molecule has 52 heavy (non-hydrogen) atoms. The number of aryl methyl sites for hydroxylation is 1. The van der Waals surface area contributed by atoms with Crippen molar-refractivity contribution in [3.8, 4) is 45.6 Å². The lowest BCUT2D eigenvalue weighted by Gasteiger charge is -2.30. The number of likely N-dealkylation sites (N-methyl/N-ethyl adjacent to an activating group) is 1. The molecule has 3 aliphatic rings. The smallest absolute Gasteiger partial charge is 0.330 e. The van der Waals surface area contributed by atoms with Gasteiger partial charge in [0.2, 0.25) is 17.7 Å². The second-order valence-corrected chi connectivity index (χ2v) is 12.6. The van der Waals surface area contributed by atoms with Crippen LogP contribution in [0.1, 0.15) is 52.0 Å². The molecule has 0 saturated carbocycles. The number of aliphatic hydroxyl groups excluding tert-OH is 1. The second-order valence-electron chi connectivity index (χ2n) is 12.2. The number of carboxylic acid groups (broad SMARTS) is 1. The molecular weight excluding hydrogens is 700 g/mol. The maximum atomic E-state index is 14.3. The number of aromatic hydroxyl groups is 3. The number of fused-ring (bicyclic) bond motifs is 8. The highest BCUT2D eigenvalue weighted by atomic mass is 35.5. The molecule has 8 bridgehead atoms. The SMILES string of the molecule is CN[C@H]1C(=O)NC2C(=O)N[C@@H](C(=O)N[C@H](C(=O)O)c3cc(O)cc(O)c3-c3cc2ccc3O)[C@H](O)c2ccc(c(Cl)c2)Oc2cc1cc(C)c2OC. The summed E-state index contributed by atoms with van der Waals surface area (Å²) in [6, 6.07) is 6.32. The molecule has 15 nitrogen and oxygen atoms in total. The molecule has 16 heteroatoms. The Morgan fingerprint density at radius 1 is 0.846 bits per heavy atom. The van der Waals surface area contributed by atoms with E-state index >= 15 is 0 Å². The molecule has 0 aromatic heterocycles. The van der Waals surface area contributed by atoms with Crippen LogP contribution in [-0.2, 0) is 19.2 Å². The first-order valence-corrected chi connectivity index (χ1v) is 16.1. The lowest BCUT2D eigenvalue weighted by Crippen LogP contribution is -2.54. The fourth-order valence-corrected chi connectivity index (χ4v) is 6.69. The van der Waals surface area contributed by atoms with E-state index in [-0.39, 0.29) is 44.3 Å². The molecule has 0 fully saturated rings. The van der Waals surface area contributed by atoms with Gasteiger partial charge in [-0.2, -0.15) is 0 Å². The van der Waals surface area contributed by atoms with Gasteiger partial charge in [-0.1, -0.05) is 29.8 Å². The number of amides is 3. The summed E-state index contributed by atoms with van der Waals surface area (Å²) >= 11 is 6.61. The van der Waals surface area contributed by atoms with Crippen LogP contribution in [0.3, 0.4) is 0 Å². The zero-order chi connectivity index (χ0) is 37.6. The quantitative estimate of drug-likeness (QED) is 0.148. The minimum absolute atomic E-state index is 0.0131. The number of hydrogen-bond acceptors (Lipinski definition) is 11. The van der Waals surface area contributed by atoms with Crippen LogP contribution in [-0.4, -0.2) is 69.4 Å². The molecule has 3 aliphatic heterocycles. The number of phenols is 3. The number of hydrogen-bond donors (Lipinski definition) is 9. The summed E-state index contributed by atoms with van der Waals surface area (Å²) in [6.07, 6.45) is -1.87. The maximum absolute atomic E-state index is 14.3. The fraction of sp³-hybridized carbons (Fsp3) is 0.222. The Balaban J connectivity index is 1.64. The number of rotatable bonds is 3. The number of benzene rings is 4. The van der Waals surface area contributed by atoms with Gasteiger partial charge < -0.3 is 56.3 Å². The molecule has 0 aliphatic carbocycles. The highest BCUT2D eigenvalue weighted by Crippen LogP contribution is 2.45. The Morgan fingerprint density at radius 3 is 2.25 bits per heavy atom.